The van der Waals surface area contributed by atoms with Crippen molar-refractivity contribution in [1.29, 1.82) is 0 Å². The number of nitrogens with zero attached hydrogens (tertiary/aromatic N) is 1. The third kappa shape index (κ3) is 2.99. The van der Waals surface area contributed by atoms with Crippen LogP contribution in [0, 0.1) is 6.92 Å². The zero-order valence-electron chi connectivity index (χ0n) is 12.3. The fraction of sp³-hybridized carbons (Fsp3) is 0.533. The minimum absolute atomic E-state index is 0.00294. The summed E-state index contributed by atoms with van der Waals surface area (Å²) in [5.74, 6) is -0.874. The number of aliphatic carboxylic acids is 1. The Morgan fingerprint density at radius 1 is 1.33 bits per heavy atom. The van der Waals surface area contributed by atoms with Crippen LogP contribution in [0.15, 0.2) is 4.42 Å². The molecule has 114 valence electrons. The SMILES string of the molecule is CCCN(CC(=O)O)C(=O)c1oc2c(c1C)C(=O)CCC2. The van der Waals surface area contributed by atoms with Gasteiger partial charge in [-0.05, 0) is 19.8 Å². The van der Waals surface area contributed by atoms with Crippen LogP contribution in [0.1, 0.15) is 58.4 Å². The van der Waals surface area contributed by atoms with E-state index >= 15 is 0 Å². The lowest BCUT2D eigenvalue weighted by atomic mass is 9.94. The first kappa shape index (κ1) is 15.3. The third-order valence-electron chi connectivity index (χ3n) is 3.61. The minimum Gasteiger partial charge on any atom is -0.480 e. The number of ketones is 1. The Bertz CT molecular complexity index is 587. The second-order valence-electron chi connectivity index (χ2n) is 5.25. The molecule has 1 N–H and O–H groups in total. The predicted octanol–water partition coefficient (Wildman–Crippen LogP) is 2.04. The Labute approximate surface area is 122 Å². The molecule has 6 heteroatoms. The number of aryl methyl sites for hydroxylation is 1. The summed E-state index contributed by atoms with van der Waals surface area (Å²) in [7, 11) is 0. The van der Waals surface area contributed by atoms with E-state index in [0.717, 1.165) is 6.42 Å². The molecule has 0 fully saturated rings. The van der Waals surface area contributed by atoms with Crippen LogP contribution < -0.4 is 0 Å². The Morgan fingerprint density at radius 3 is 2.62 bits per heavy atom. The van der Waals surface area contributed by atoms with Crippen molar-refractivity contribution in [2.45, 2.75) is 39.5 Å². The van der Waals surface area contributed by atoms with Crippen molar-refractivity contribution in [3.8, 4) is 0 Å². The molecule has 1 amide bonds. The molecule has 0 aliphatic heterocycles. The topological polar surface area (TPSA) is 87.8 Å². The van der Waals surface area contributed by atoms with Gasteiger partial charge in [-0.1, -0.05) is 6.92 Å². The highest BCUT2D eigenvalue weighted by Gasteiger charge is 2.31. The first-order valence-electron chi connectivity index (χ1n) is 7.12. The van der Waals surface area contributed by atoms with Crippen molar-refractivity contribution >= 4 is 17.7 Å². The third-order valence-corrected chi connectivity index (χ3v) is 3.61. The fourth-order valence-electron chi connectivity index (χ4n) is 2.68. The maximum absolute atomic E-state index is 12.5. The van der Waals surface area contributed by atoms with Crippen molar-refractivity contribution < 1.29 is 23.9 Å². The van der Waals surface area contributed by atoms with Crippen LogP contribution in [0.4, 0.5) is 0 Å². The molecule has 0 radical (unpaired) electrons. The van der Waals surface area contributed by atoms with Gasteiger partial charge in [-0.3, -0.25) is 14.4 Å². The fourth-order valence-corrected chi connectivity index (χ4v) is 2.68. The molecule has 21 heavy (non-hydrogen) atoms. The number of Topliss-reactive ketones (excluding diaryl/α,β-unsaturated/α-hetero) is 1. The largest absolute Gasteiger partial charge is 0.480 e. The van der Waals surface area contributed by atoms with Crippen molar-refractivity contribution in [3.63, 3.8) is 0 Å². The number of fused-ring (bicyclic) bond motifs is 1. The van der Waals surface area contributed by atoms with E-state index in [4.69, 9.17) is 9.52 Å². The van der Waals surface area contributed by atoms with Crippen LogP contribution in [0.3, 0.4) is 0 Å². The molecule has 0 atom stereocenters. The molecule has 2 rings (SSSR count). The Kier molecular flexibility index (Phi) is 4.45. The van der Waals surface area contributed by atoms with Crippen LogP contribution in [-0.2, 0) is 11.2 Å². The van der Waals surface area contributed by atoms with Gasteiger partial charge in [0.1, 0.15) is 12.3 Å². The molecule has 0 aromatic carbocycles. The molecule has 1 aliphatic carbocycles. The molecule has 1 aliphatic rings. The molecule has 0 unspecified atom stereocenters. The maximum atomic E-state index is 12.5. The molecule has 0 saturated heterocycles. The van der Waals surface area contributed by atoms with Gasteiger partial charge in [0.05, 0.1) is 5.56 Å². The van der Waals surface area contributed by atoms with Crippen LogP contribution >= 0.6 is 0 Å². The lowest BCUT2D eigenvalue weighted by Gasteiger charge is -2.18. The summed E-state index contributed by atoms with van der Waals surface area (Å²) in [5, 5.41) is 8.90. The van der Waals surface area contributed by atoms with E-state index in [-0.39, 0.29) is 18.1 Å². The van der Waals surface area contributed by atoms with Gasteiger partial charge < -0.3 is 14.4 Å². The van der Waals surface area contributed by atoms with Gasteiger partial charge >= 0.3 is 5.97 Å². The van der Waals surface area contributed by atoms with Crippen molar-refractivity contribution in [3.05, 3.63) is 22.6 Å². The molecular weight excluding hydrogens is 274 g/mol. The number of hydrogen-bond donors (Lipinski definition) is 1. The van der Waals surface area contributed by atoms with E-state index in [1.807, 2.05) is 6.92 Å². The van der Waals surface area contributed by atoms with Crippen LogP contribution in [0.25, 0.3) is 0 Å². The van der Waals surface area contributed by atoms with Crippen LogP contribution in [-0.4, -0.2) is 40.8 Å². The van der Waals surface area contributed by atoms with E-state index in [1.54, 1.807) is 6.92 Å². The van der Waals surface area contributed by atoms with Crippen LogP contribution in [0.5, 0.6) is 0 Å². The van der Waals surface area contributed by atoms with Crippen molar-refractivity contribution in [2.75, 3.05) is 13.1 Å². The van der Waals surface area contributed by atoms with Gasteiger partial charge in [0.15, 0.2) is 11.5 Å². The van der Waals surface area contributed by atoms with E-state index in [9.17, 15) is 14.4 Å². The number of hydrogen-bond acceptors (Lipinski definition) is 4. The summed E-state index contributed by atoms with van der Waals surface area (Å²) < 4.78 is 5.57. The summed E-state index contributed by atoms with van der Waals surface area (Å²) in [6.45, 7) is 3.52. The molecule has 6 nitrogen and oxygen atoms in total. The maximum Gasteiger partial charge on any atom is 0.323 e. The van der Waals surface area contributed by atoms with Crippen LogP contribution in [0.2, 0.25) is 0 Å². The minimum atomic E-state index is -1.07. The normalized spacial score (nSPS) is 13.9. The summed E-state index contributed by atoms with van der Waals surface area (Å²) in [6, 6.07) is 0. The number of amides is 1. The first-order valence-corrected chi connectivity index (χ1v) is 7.12. The number of furan rings is 1. The van der Waals surface area contributed by atoms with Gasteiger partial charge in [0, 0.05) is 24.9 Å². The summed E-state index contributed by atoms with van der Waals surface area (Å²) >= 11 is 0. The highest BCUT2D eigenvalue weighted by Crippen LogP contribution is 2.30. The molecule has 0 spiro atoms. The number of rotatable bonds is 5. The second kappa shape index (κ2) is 6.11. The Balaban J connectivity index is 2.34. The standard InChI is InChI=1S/C15H19NO5/c1-3-7-16(8-12(18)19)15(20)14-9(2)13-10(17)5-4-6-11(13)21-14/h3-8H2,1-2H3,(H,18,19). The molecule has 0 bridgehead atoms. The molecular formula is C15H19NO5. The van der Waals surface area contributed by atoms with Gasteiger partial charge in [-0.2, -0.15) is 0 Å². The zero-order chi connectivity index (χ0) is 15.6. The quantitative estimate of drug-likeness (QED) is 0.897. The first-order chi connectivity index (χ1) is 9.95. The van der Waals surface area contributed by atoms with Gasteiger partial charge in [0.2, 0.25) is 0 Å². The van der Waals surface area contributed by atoms with E-state index in [2.05, 4.69) is 0 Å². The predicted molar refractivity (Wildman–Crippen MR) is 74.5 cm³/mol. The summed E-state index contributed by atoms with van der Waals surface area (Å²) in [5.41, 5.74) is 1.04. The monoisotopic (exact) mass is 293 g/mol. The van der Waals surface area contributed by atoms with E-state index in [0.29, 0.717) is 42.7 Å². The number of carbonyl (C=O) groups is 3. The number of carboxylic acids is 1. The van der Waals surface area contributed by atoms with Gasteiger partial charge in [-0.15, -0.1) is 0 Å². The second-order valence-corrected chi connectivity index (χ2v) is 5.25. The lowest BCUT2D eigenvalue weighted by molar-refractivity contribution is -0.137. The highest BCUT2D eigenvalue weighted by atomic mass is 16.4. The Morgan fingerprint density at radius 2 is 2.05 bits per heavy atom. The molecule has 1 aromatic rings. The summed E-state index contributed by atoms with van der Waals surface area (Å²) in [4.78, 5) is 36.5. The molecule has 1 aromatic heterocycles. The highest BCUT2D eigenvalue weighted by molar-refractivity contribution is 6.03. The number of carboxylic acid groups (broad SMARTS) is 1. The van der Waals surface area contributed by atoms with Crippen molar-refractivity contribution in [1.82, 2.24) is 4.90 Å². The summed E-state index contributed by atoms with van der Waals surface area (Å²) in [6.07, 6.45) is 2.48. The lowest BCUT2D eigenvalue weighted by Crippen LogP contribution is -2.36. The van der Waals surface area contributed by atoms with Gasteiger partial charge in [-0.25, -0.2) is 0 Å². The van der Waals surface area contributed by atoms with Crippen molar-refractivity contribution in [2.24, 2.45) is 0 Å². The number of carbonyl (C=O) groups excluding carboxylic acids is 2. The Hall–Kier alpha value is -2.11. The zero-order valence-corrected chi connectivity index (χ0v) is 12.3. The molecule has 1 heterocycles. The van der Waals surface area contributed by atoms with E-state index < -0.39 is 11.9 Å². The van der Waals surface area contributed by atoms with Gasteiger partial charge in [0.25, 0.3) is 5.91 Å². The smallest absolute Gasteiger partial charge is 0.323 e. The average molecular weight is 293 g/mol. The van der Waals surface area contributed by atoms with E-state index in [1.165, 1.54) is 4.90 Å². The average Bonchev–Trinajstić information content (AvgIpc) is 2.76. The molecule has 0 saturated carbocycles.